The van der Waals surface area contributed by atoms with E-state index in [9.17, 15) is 0 Å². The highest BCUT2D eigenvalue weighted by molar-refractivity contribution is 5.15. The van der Waals surface area contributed by atoms with Gasteiger partial charge in [-0.2, -0.15) is 0 Å². The zero-order valence-corrected chi connectivity index (χ0v) is 8.33. The Kier molecular flexibility index (Phi) is 3.93. The maximum atomic E-state index is 5.47. The highest BCUT2D eigenvalue weighted by Crippen LogP contribution is 2.08. The molecule has 0 aliphatic rings. The van der Waals surface area contributed by atoms with Crippen LogP contribution in [-0.2, 0) is 6.42 Å². The molecule has 1 aromatic carbocycles. The van der Waals surface area contributed by atoms with Crippen LogP contribution in [0.1, 0.15) is 19.4 Å². The molecule has 0 radical (unpaired) electrons. The molecule has 0 spiro atoms. The van der Waals surface area contributed by atoms with E-state index in [4.69, 9.17) is 5.84 Å². The van der Waals surface area contributed by atoms with Gasteiger partial charge in [0, 0.05) is 6.04 Å². The van der Waals surface area contributed by atoms with Crippen LogP contribution >= 0.6 is 0 Å². The Morgan fingerprint density at radius 2 is 1.85 bits per heavy atom. The standard InChI is InChI=1S/C11H18N2/c1-9(2)11(13-12)8-10-6-4-3-5-7-10/h3-7,9,11,13H,8,12H2,1-2H3. The lowest BCUT2D eigenvalue weighted by atomic mass is 9.97. The zero-order valence-electron chi connectivity index (χ0n) is 8.33. The normalized spacial score (nSPS) is 13.2. The summed E-state index contributed by atoms with van der Waals surface area (Å²) in [5, 5.41) is 0. The Hall–Kier alpha value is -0.860. The Labute approximate surface area is 80.1 Å². The average molecular weight is 178 g/mol. The topological polar surface area (TPSA) is 38.0 Å². The van der Waals surface area contributed by atoms with Crippen molar-refractivity contribution in [3.05, 3.63) is 35.9 Å². The van der Waals surface area contributed by atoms with Crippen molar-refractivity contribution in [1.82, 2.24) is 5.43 Å². The lowest BCUT2D eigenvalue weighted by Crippen LogP contribution is -2.40. The zero-order chi connectivity index (χ0) is 9.68. The van der Waals surface area contributed by atoms with Crippen molar-refractivity contribution in [3.8, 4) is 0 Å². The first-order valence-corrected chi connectivity index (χ1v) is 4.74. The van der Waals surface area contributed by atoms with Crippen LogP contribution in [0.2, 0.25) is 0 Å². The maximum absolute atomic E-state index is 5.47. The van der Waals surface area contributed by atoms with Gasteiger partial charge in [-0.3, -0.25) is 11.3 Å². The van der Waals surface area contributed by atoms with Gasteiger partial charge in [-0.05, 0) is 17.9 Å². The van der Waals surface area contributed by atoms with Gasteiger partial charge in [-0.25, -0.2) is 0 Å². The molecule has 0 aromatic heterocycles. The molecule has 0 bridgehead atoms. The number of benzene rings is 1. The molecule has 2 nitrogen and oxygen atoms in total. The van der Waals surface area contributed by atoms with E-state index in [1.165, 1.54) is 5.56 Å². The number of hydrogen-bond donors (Lipinski definition) is 2. The summed E-state index contributed by atoms with van der Waals surface area (Å²) in [6, 6.07) is 10.8. The van der Waals surface area contributed by atoms with Gasteiger partial charge >= 0.3 is 0 Å². The van der Waals surface area contributed by atoms with Crippen LogP contribution in [0.4, 0.5) is 0 Å². The van der Waals surface area contributed by atoms with Gasteiger partial charge in [-0.15, -0.1) is 0 Å². The molecular formula is C11H18N2. The fourth-order valence-corrected chi connectivity index (χ4v) is 1.36. The highest BCUT2D eigenvalue weighted by Gasteiger charge is 2.11. The van der Waals surface area contributed by atoms with Gasteiger partial charge in [0.25, 0.3) is 0 Å². The van der Waals surface area contributed by atoms with Gasteiger partial charge in [0.1, 0.15) is 0 Å². The summed E-state index contributed by atoms with van der Waals surface area (Å²) in [6.07, 6.45) is 0.995. The van der Waals surface area contributed by atoms with Crippen LogP contribution in [0.3, 0.4) is 0 Å². The molecule has 0 aliphatic heterocycles. The van der Waals surface area contributed by atoms with Crippen molar-refractivity contribution in [2.75, 3.05) is 0 Å². The smallest absolute Gasteiger partial charge is 0.0273 e. The molecule has 1 aromatic rings. The largest absolute Gasteiger partial charge is 0.271 e. The van der Waals surface area contributed by atoms with E-state index in [1.807, 2.05) is 6.07 Å². The third-order valence-electron chi connectivity index (χ3n) is 2.32. The summed E-state index contributed by atoms with van der Waals surface area (Å²) in [7, 11) is 0. The predicted octanol–water partition coefficient (Wildman–Crippen LogP) is 1.72. The summed E-state index contributed by atoms with van der Waals surface area (Å²) in [5.74, 6) is 6.03. The average Bonchev–Trinajstić information content (AvgIpc) is 2.15. The van der Waals surface area contributed by atoms with E-state index in [0.29, 0.717) is 12.0 Å². The SMILES string of the molecule is CC(C)C(Cc1ccccc1)NN. The lowest BCUT2D eigenvalue weighted by Gasteiger charge is -2.19. The highest BCUT2D eigenvalue weighted by atomic mass is 15.2. The number of rotatable bonds is 4. The van der Waals surface area contributed by atoms with Gasteiger partial charge in [0.2, 0.25) is 0 Å². The quantitative estimate of drug-likeness (QED) is 0.544. The van der Waals surface area contributed by atoms with Crippen LogP contribution in [-0.4, -0.2) is 6.04 Å². The van der Waals surface area contributed by atoms with E-state index in [2.05, 4.69) is 43.5 Å². The molecule has 1 atom stereocenters. The molecule has 2 heteroatoms. The number of nitrogens with one attached hydrogen (secondary N) is 1. The monoisotopic (exact) mass is 178 g/mol. The maximum Gasteiger partial charge on any atom is 0.0273 e. The molecule has 0 amide bonds. The Bertz CT molecular complexity index is 231. The van der Waals surface area contributed by atoms with Crippen LogP contribution in [0.15, 0.2) is 30.3 Å². The van der Waals surface area contributed by atoms with Crippen molar-refractivity contribution in [1.29, 1.82) is 0 Å². The van der Waals surface area contributed by atoms with Crippen molar-refractivity contribution < 1.29 is 0 Å². The lowest BCUT2D eigenvalue weighted by molar-refractivity contribution is 0.404. The van der Waals surface area contributed by atoms with Crippen LogP contribution in [0.25, 0.3) is 0 Å². The molecular weight excluding hydrogens is 160 g/mol. The van der Waals surface area contributed by atoms with E-state index in [0.717, 1.165) is 6.42 Å². The second-order valence-corrected chi connectivity index (χ2v) is 3.71. The van der Waals surface area contributed by atoms with E-state index in [-0.39, 0.29) is 0 Å². The third kappa shape index (κ3) is 3.17. The summed E-state index contributed by atoms with van der Waals surface area (Å²) in [4.78, 5) is 0. The first-order valence-electron chi connectivity index (χ1n) is 4.74. The molecule has 0 aliphatic carbocycles. The number of nitrogens with two attached hydrogens (primary N) is 1. The predicted molar refractivity (Wildman–Crippen MR) is 56.1 cm³/mol. The summed E-state index contributed by atoms with van der Waals surface area (Å²) in [6.45, 7) is 4.35. The Morgan fingerprint density at radius 1 is 1.23 bits per heavy atom. The minimum atomic E-state index is 0.363. The van der Waals surface area contributed by atoms with Crippen LogP contribution < -0.4 is 11.3 Å². The van der Waals surface area contributed by atoms with Gasteiger partial charge in [-0.1, -0.05) is 44.2 Å². The minimum absolute atomic E-state index is 0.363. The van der Waals surface area contributed by atoms with Crippen LogP contribution in [0.5, 0.6) is 0 Å². The fourth-order valence-electron chi connectivity index (χ4n) is 1.36. The van der Waals surface area contributed by atoms with E-state index >= 15 is 0 Å². The summed E-state index contributed by atoms with van der Waals surface area (Å²) in [5.41, 5.74) is 4.18. The molecule has 13 heavy (non-hydrogen) atoms. The second kappa shape index (κ2) is 5.00. The molecule has 0 saturated carbocycles. The van der Waals surface area contributed by atoms with E-state index in [1.54, 1.807) is 0 Å². The van der Waals surface area contributed by atoms with Gasteiger partial charge in [0.15, 0.2) is 0 Å². The van der Waals surface area contributed by atoms with Crippen LogP contribution in [0, 0.1) is 5.92 Å². The first-order chi connectivity index (χ1) is 6.24. The van der Waals surface area contributed by atoms with E-state index < -0.39 is 0 Å². The molecule has 72 valence electrons. The van der Waals surface area contributed by atoms with Crippen molar-refractivity contribution >= 4 is 0 Å². The molecule has 0 saturated heterocycles. The molecule has 3 N–H and O–H groups in total. The third-order valence-corrected chi connectivity index (χ3v) is 2.32. The Balaban J connectivity index is 2.57. The minimum Gasteiger partial charge on any atom is -0.271 e. The molecule has 1 unspecified atom stereocenters. The van der Waals surface area contributed by atoms with Crippen molar-refractivity contribution in [2.24, 2.45) is 11.8 Å². The first kappa shape index (κ1) is 10.2. The molecule has 0 heterocycles. The van der Waals surface area contributed by atoms with Crippen molar-refractivity contribution in [2.45, 2.75) is 26.3 Å². The summed E-state index contributed by atoms with van der Waals surface area (Å²) < 4.78 is 0. The fraction of sp³-hybridized carbons (Fsp3) is 0.455. The van der Waals surface area contributed by atoms with Gasteiger partial charge in [0.05, 0.1) is 0 Å². The number of hydrogen-bond acceptors (Lipinski definition) is 2. The number of hydrazine groups is 1. The van der Waals surface area contributed by atoms with Gasteiger partial charge < -0.3 is 0 Å². The second-order valence-electron chi connectivity index (χ2n) is 3.71. The molecule has 1 rings (SSSR count). The van der Waals surface area contributed by atoms with Crippen molar-refractivity contribution in [3.63, 3.8) is 0 Å². The molecule has 0 fully saturated rings. The summed E-state index contributed by atoms with van der Waals surface area (Å²) >= 11 is 0. The Morgan fingerprint density at radius 3 is 2.31 bits per heavy atom.